The molecule has 0 bridgehead atoms. The molecule has 0 saturated heterocycles. The highest BCUT2D eigenvalue weighted by molar-refractivity contribution is 8.01. The molecule has 0 aliphatic heterocycles. The molecule has 0 aliphatic carbocycles. The van der Waals surface area contributed by atoms with Crippen LogP contribution < -0.4 is 16.1 Å². The highest BCUT2D eigenvalue weighted by Gasteiger charge is 2.12. The highest BCUT2D eigenvalue weighted by atomic mass is 32.2. The van der Waals surface area contributed by atoms with Gasteiger partial charge in [0, 0.05) is 23.8 Å². The van der Waals surface area contributed by atoms with Crippen LogP contribution >= 0.6 is 23.1 Å². The third-order valence-electron chi connectivity index (χ3n) is 3.26. The summed E-state index contributed by atoms with van der Waals surface area (Å²) in [5.41, 5.74) is 3.73. The maximum absolute atomic E-state index is 11.9. The van der Waals surface area contributed by atoms with Gasteiger partial charge < -0.3 is 5.32 Å². The van der Waals surface area contributed by atoms with Gasteiger partial charge in [0.25, 0.3) is 0 Å². The lowest BCUT2D eigenvalue weighted by molar-refractivity contribution is 0.251. The van der Waals surface area contributed by atoms with Gasteiger partial charge >= 0.3 is 6.03 Å². The zero-order valence-electron chi connectivity index (χ0n) is 13.7. The Balaban J connectivity index is 1.58. The normalized spacial score (nSPS) is 10.1. The number of pyridine rings is 1. The number of nitriles is 1. The molecule has 0 unspecified atom stereocenters. The highest BCUT2D eigenvalue weighted by Crippen LogP contribution is 2.34. The van der Waals surface area contributed by atoms with Crippen molar-refractivity contribution in [1.82, 2.24) is 20.5 Å². The zero-order valence-corrected chi connectivity index (χ0v) is 15.3. The van der Waals surface area contributed by atoms with E-state index < -0.39 is 6.03 Å². The molecule has 9 nitrogen and oxygen atoms in total. The first-order chi connectivity index (χ1) is 13.2. The second-order valence-electron chi connectivity index (χ2n) is 5.07. The number of nitrogens with one attached hydrogen (secondary N) is 3. The van der Waals surface area contributed by atoms with Crippen LogP contribution in [0.2, 0.25) is 0 Å². The Hall–Kier alpha value is -3.20. The molecule has 0 aliphatic rings. The minimum absolute atomic E-state index is 0.344. The summed E-state index contributed by atoms with van der Waals surface area (Å²) in [5.74, 6) is 0. The molecule has 27 heavy (non-hydrogen) atoms. The summed E-state index contributed by atoms with van der Waals surface area (Å²) in [5, 5.41) is 31.7. The lowest BCUT2D eigenvalue weighted by Gasteiger charge is -2.04. The van der Waals surface area contributed by atoms with Gasteiger partial charge in [-0.25, -0.2) is 4.79 Å². The van der Waals surface area contributed by atoms with E-state index in [4.69, 9.17) is 5.21 Å². The molecule has 0 radical (unpaired) electrons. The average Bonchev–Trinajstić information content (AvgIpc) is 3.14. The van der Waals surface area contributed by atoms with Crippen molar-refractivity contribution < 1.29 is 10.0 Å². The van der Waals surface area contributed by atoms with Crippen molar-refractivity contribution in [1.29, 1.82) is 5.26 Å². The predicted octanol–water partition coefficient (Wildman–Crippen LogP) is 3.08. The van der Waals surface area contributed by atoms with Crippen LogP contribution in [-0.4, -0.2) is 26.4 Å². The number of anilines is 2. The fraction of sp³-hybridized carbons (Fsp3) is 0.0625. The average molecular weight is 399 g/mol. The van der Waals surface area contributed by atoms with Gasteiger partial charge in [-0.3, -0.25) is 21.0 Å². The topological polar surface area (TPSA) is 136 Å². The van der Waals surface area contributed by atoms with Gasteiger partial charge in [0.05, 0.1) is 11.3 Å². The van der Waals surface area contributed by atoms with Gasteiger partial charge in [-0.1, -0.05) is 23.1 Å². The summed E-state index contributed by atoms with van der Waals surface area (Å²) in [6, 6.07) is 10.1. The molecular weight excluding hydrogens is 386 g/mol. The van der Waals surface area contributed by atoms with Gasteiger partial charge in [0.15, 0.2) is 4.34 Å². The SMILES string of the molecule is N#Cc1cc(NO)ccc1Sc1nnc(NC(=O)NCc2ccncc2)s1. The van der Waals surface area contributed by atoms with Gasteiger partial charge in [-0.2, -0.15) is 5.26 Å². The standard InChI is InChI=1S/C16H13N7O2S2/c17-8-11-7-12(23-25)1-2-13(11)26-16-22-21-15(27-16)20-14(24)19-9-10-3-5-18-6-4-10/h1-7,23,25H,9H2,(H2,19,20,21,24). The number of rotatable bonds is 6. The van der Waals surface area contributed by atoms with Crippen LogP contribution in [0.1, 0.15) is 11.1 Å². The molecule has 136 valence electrons. The molecule has 2 heterocycles. The number of hydrogen-bond donors (Lipinski definition) is 4. The second-order valence-corrected chi connectivity index (χ2v) is 7.34. The number of aromatic nitrogens is 3. The van der Waals surface area contributed by atoms with Gasteiger partial charge in [0.1, 0.15) is 6.07 Å². The first kappa shape index (κ1) is 18.6. The lowest BCUT2D eigenvalue weighted by Crippen LogP contribution is -2.28. The monoisotopic (exact) mass is 399 g/mol. The number of nitrogens with zero attached hydrogens (tertiary/aromatic N) is 4. The van der Waals surface area contributed by atoms with Crippen LogP contribution in [-0.2, 0) is 6.54 Å². The quantitative estimate of drug-likeness (QED) is 0.367. The Labute approximate surface area is 162 Å². The van der Waals surface area contributed by atoms with E-state index in [-0.39, 0.29) is 0 Å². The Kier molecular flexibility index (Phi) is 6.16. The number of amides is 2. The number of benzene rings is 1. The van der Waals surface area contributed by atoms with E-state index >= 15 is 0 Å². The van der Waals surface area contributed by atoms with Gasteiger partial charge in [-0.05, 0) is 35.9 Å². The summed E-state index contributed by atoms with van der Waals surface area (Å²) in [7, 11) is 0. The van der Waals surface area contributed by atoms with E-state index in [1.165, 1.54) is 29.2 Å². The largest absolute Gasteiger partial charge is 0.334 e. The maximum atomic E-state index is 11.9. The molecule has 11 heteroatoms. The van der Waals surface area contributed by atoms with Crippen molar-refractivity contribution in [3.63, 3.8) is 0 Å². The van der Waals surface area contributed by atoms with Crippen molar-refractivity contribution in [3.8, 4) is 6.07 Å². The molecule has 0 fully saturated rings. The minimum atomic E-state index is -0.393. The third kappa shape index (κ3) is 5.14. The molecule has 3 rings (SSSR count). The fourth-order valence-corrected chi connectivity index (χ4v) is 3.76. The van der Waals surface area contributed by atoms with Gasteiger partial charge in [0.2, 0.25) is 5.13 Å². The second kappa shape index (κ2) is 8.95. The first-order valence-corrected chi connectivity index (χ1v) is 9.20. The van der Waals surface area contributed by atoms with Crippen molar-refractivity contribution in [2.45, 2.75) is 15.8 Å². The molecule has 3 aromatic rings. The lowest BCUT2D eigenvalue weighted by atomic mass is 10.2. The van der Waals surface area contributed by atoms with Crippen LogP contribution in [0.4, 0.5) is 15.6 Å². The van der Waals surface area contributed by atoms with Crippen LogP contribution in [0.25, 0.3) is 0 Å². The molecule has 0 atom stereocenters. The predicted molar refractivity (Wildman–Crippen MR) is 101 cm³/mol. The summed E-state index contributed by atoms with van der Waals surface area (Å²) in [4.78, 5) is 16.5. The van der Waals surface area contributed by atoms with Crippen LogP contribution in [0.5, 0.6) is 0 Å². The smallest absolute Gasteiger partial charge is 0.321 e. The van der Waals surface area contributed by atoms with Crippen molar-refractivity contribution >= 4 is 39.9 Å². The van der Waals surface area contributed by atoms with Crippen LogP contribution in [0.3, 0.4) is 0 Å². The maximum Gasteiger partial charge on any atom is 0.321 e. The Morgan fingerprint density at radius 3 is 2.81 bits per heavy atom. The van der Waals surface area contributed by atoms with E-state index in [0.717, 1.165) is 5.56 Å². The molecule has 2 amide bonds. The molecule has 0 spiro atoms. The van der Waals surface area contributed by atoms with Crippen LogP contribution in [0, 0.1) is 11.3 Å². The Morgan fingerprint density at radius 1 is 1.26 bits per heavy atom. The molecule has 0 saturated carbocycles. The number of urea groups is 1. The fourth-order valence-electron chi connectivity index (χ4n) is 2.00. The van der Waals surface area contributed by atoms with E-state index in [1.807, 2.05) is 17.6 Å². The summed E-state index contributed by atoms with van der Waals surface area (Å²) >= 11 is 2.44. The third-order valence-corrected chi connectivity index (χ3v) is 5.22. The van der Waals surface area contributed by atoms with E-state index in [9.17, 15) is 10.1 Å². The summed E-state index contributed by atoms with van der Waals surface area (Å²) in [6.45, 7) is 0.367. The van der Waals surface area contributed by atoms with Gasteiger partial charge in [-0.15, -0.1) is 10.2 Å². The van der Waals surface area contributed by atoms with Crippen LogP contribution in [0.15, 0.2) is 52.0 Å². The van der Waals surface area contributed by atoms with E-state index in [1.54, 1.807) is 24.5 Å². The zero-order chi connectivity index (χ0) is 19.1. The first-order valence-electron chi connectivity index (χ1n) is 7.57. The van der Waals surface area contributed by atoms with Crippen molar-refractivity contribution in [2.75, 3.05) is 10.8 Å². The molecule has 1 aromatic carbocycles. The number of carbonyl (C=O) groups excluding carboxylic acids is 1. The number of hydrogen-bond acceptors (Lipinski definition) is 9. The minimum Gasteiger partial charge on any atom is -0.334 e. The van der Waals surface area contributed by atoms with Crippen molar-refractivity contribution in [3.05, 3.63) is 53.9 Å². The molecular formula is C16H13N7O2S2. The Morgan fingerprint density at radius 2 is 2.07 bits per heavy atom. The Bertz CT molecular complexity index is 972. The van der Waals surface area contributed by atoms with Crippen molar-refractivity contribution in [2.24, 2.45) is 0 Å². The number of carbonyl (C=O) groups is 1. The summed E-state index contributed by atoms with van der Waals surface area (Å²) < 4.78 is 0.570. The summed E-state index contributed by atoms with van der Waals surface area (Å²) in [6.07, 6.45) is 3.31. The van der Waals surface area contributed by atoms with E-state index in [2.05, 4.69) is 31.9 Å². The molecule has 2 aromatic heterocycles. The molecule has 4 N–H and O–H groups in total. The van der Waals surface area contributed by atoms with E-state index in [0.29, 0.717) is 32.2 Å².